The summed E-state index contributed by atoms with van der Waals surface area (Å²) < 4.78 is 20.4. The van der Waals surface area contributed by atoms with Gasteiger partial charge in [0.25, 0.3) is 0 Å². The van der Waals surface area contributed by atoms with Gasteiger partial charge in [-0.15, -0.1) is 0 Å². The normalized spacial score (nSPS) is 19.0. The highest BCUT2D eigenvalue weighted by atomic mass is 28.4. The summed E-state index contributed by atoms with van der Waals surface area (Å²) in [6, 6.07) is 5.90. The summed E-state index contributed by atoms with van der Waals surface area (Å²) in [6.45, 7) is 20.7. The van der Waals surface area contributed by atoms with E-state index in [1.54, 1.807) is 4.57 Å². The van der Waals surface area contributed by atoms with Gasteiger partial charge in [-0.3, -0.25) is 4.57 Å². The molecule has 1 aromatic carbocycles. The second-order valence-electron chi connectivity index (χ2n) is 10.9. The van der Waals surface area contributed by atoms with Crippen LogP contribution in [0.1, 0.15) is 54.9 Å². The molecule has 0 aliphatic carbocycles. The summed E-state index contributed by atoms with van der Waals surface area (Å²) in [4.78, 5) is 15.5. The summed E-state index contributed by atoms with van der Waals surface area (Å²) in [5.41, 5.74) is 1.73. The third-order valence-corrected chi connectivity index (χ3v) is 11.7. The molecule has 1 fully saturated rings. The van der Waals surface area contributed by atoms with Crippen LogP contribution < -0.4 is 11.2 Å². The van der Waals surface area contributed by atoms with Gasteiger partial charge in [0.05, 0.1) is 22.2 Å². The predicted molar refractivity (Wildman–Crippen MR) is 126 cm³/mol. The smallest absolute Gasteiger partial charge is 0.417 e. The SMILES string of the molecule is CC1(C)OB(c2ccc3[nH]c(=O)n(CCCO[Si](C)(C)C(C)(C)C)c3c2)OC1(C)C. The minimum Gasteiger partial charge on any atom is -0.417 e. The molecule has 0 saturated carbocycles. The molecule has 1 aliphatic heterocycles. The van der Waals surface area contributed by atoms with Crippen LogP contribution in [0.15, 0.2) is 23.0 Å². The van der Waals surface area contributed by atoms with Gasteiger partial charge < -0.3 is 18.7 Å². The number of hydrogen-bond donors (Lipinski definition) is 1. The minimum absolute atomic E-state index is 0.0941. The monoisotopic (exact) mass is 432 g/mol. The van der Waals surface area contributed by atoms with Crippen molar-refractivity contribution in [1.82, 2.24) is 9.55 Å². The molecule has 2 heterocycles. The van der Waals surface area contributed by atoms with Crippen molar-refractivity contribution in [2.24, 2.45) is 0 Å². The number of nitrogens with one attached hydrogen (secondary N) is 1. The van der Waals surface area contributed by atoms with Crippen molar-refractivity contribution in [3.8, 4) is 0 Å². The Morgan fingerprint density at radius 3 is 2.30 bits per heavy atom. The number of imidazole rings is 1. The Balaban J connectivity index is 1.76. The number of hydrogen-bond acceptors (Lipinski definition) is 4. The first kappa shape index (κ1) is 23.3. The van der Waals surface area contributed by atoms with Crippen LogP contribution in [-0.4, -0.2) is 42.8 Å². The molecule has 3 rings (SSSR count). The van der Waals surface area contributed by atoms with Crippen LogP contribution in [0.4, 0.5) is 0 Å². The summed E-state index contributed by atoms with van der Waals surface area (Å²) in [6.07, 6.45) is 0.792. The first-order valence-corrected chi connectivity index (χ1v) is 13.8. The van der Waals surface area contributed by atoms with Crippen LogP contribution in [0.3, 0.4) is 0 Å². The fourth-order valence-electron chi connectivity index (χ4n) is 3.28. The lowest BCUT2D eigenvalue weighted by atomic mass is 9.79. The van der Waals surface area contributed by atoms with E-state index in [1.165, 1.54) is 0 Å². The zero-order valence-corrected chi connectivity index (χ0v) is 21.0. The molecular formula is C22H37BN2O4Si. The molecule has 0 radical (unpaired) electrons. The van der Waals surface area contributed by atoms with E-state index < -0.39 is 26.6 Å². The van der Waals surface area contributed by atoms with E-state index >= 15 is 0 Å². The fourth-order valence-corrected chi connectivity index (χ4v) is 4.37. The van der Waals surface area contributed by atoms with Gasteiger partial charge in [0.15, 0.2) is 8.32 Å². The van der Waals surface area contributed by atoms with Gasteiger partial charge in [-0.25, -0.2) is 4.79 Å². The summed E-state index contributed by atoms with van der Waals surface area (Å²) in [5, 5.41) is 0.183. The van der Waals surface area contributed by atoms with E-state index in [2.05, 4.69) is 38.8 Å². The fraction of sp³-hybridized carbons (Fsp3) is 0.682. The van der Waals surface area contributed by atoms with Crippen LogP contribution in [-0.2, 0) is 20.3 Å². The maximum atomic E-state index is 12.5. The zero-order chi connectivity index (χ0) is 22.5. The number of aromatic amines is 1. The summed E-state index contributed by atoms with van der Waals surface area (Å²) in [7, 11) is -2.22. The molecule has 1 aromatic heterocycles. The number of aryl methyl sites for hydroxylation is 1. The average molecular weight is 432 g/mol. The van der Waals surface area contributed by atoms with Gasteiger partial charge in [-0.05, 0) is 69.8 Å². The lowest BCUT2D eigenvalue weighted by molar-refractivity contribution is 0.00578. The Labute approximate surface area is 181 Å². The molecule has 0 spiro atoms. The number of H-pyrrole nitrogens is 1. The Morgan fingerprint density at radius 2 is 1.73 bits per heavy atom. The Hall–Kier alpha value is -1.35. The van der Waals surface area contributed by atoms with Crippen molar-refractivity contribution < 1.29 is 13.7 Å². The van der Waals surface area contributed by atoms with Crippen molar-refractivity contribution in [2.45, 2.75) is 90.8 Å². The molecule has 2 aromatic rings. The quantitative estimate of drug-likeness (QED) is 0.553. The van der Waals surface area contributed by atoms with Gasteiger partial charge in [0, 0.05) is 13.2 Å². The standard InChI is InChI=1S/C22H37BN2O4Si/c1-20(2,3)30(8,9)27-14-10-13-25-18-15-16(11-12-17(18)24-19(25)26)23-28-21(4,5)22(6,7)29-23/h11-12,15H,10,13-14H2,1-9H3,(H,24,26). The molecule has 1 N–H and O–H groups in total. The maximum absolute atomic E-state index is 12.5. The number of fused-ring (bicyclic) bond motifs is 1. The lowest BCUT2D eigenvalue weighted by Crippen LogP contribution is -2.41. The van der Waals surface area contributed by atoms with Gasteiger partial charge in [-0.1, -0.05) is 26.8 Å². The van der Waals surface area contributed by atoms with E-state index in [0.29, 0.717) is 13.2 Å². The van der Waals surface area contributed by atoms with Gasteiger partial charge in [0.1, 0.15) is 0 Å². The highest BCUT2D eigenvalue weighted by molar-refractivity contribution is 6.74. The summed E-state index contributed by atoms with van der Waals surface area (Å²) in [5.74, 6) is 0. The van der Waals surface area contributed by atoms with E-state index in [1.807, 2.05) is 45.9 Å². The average Bonchev–Trinajstić information content (AvgIpc) is 3.02. The predicted octanol–water partition coefficient (Wildman–Crippen LogP) is 4.04. The molecule has 1 aliphatic rings. The molecule has 166 valence electrons. The maximum Gasteiger partial charge on any atom is 0.494 e. The van der Waals surface area contributed by atoms with Crippen molar-refractivity contribution >= 4 is 31.9 Å². The molecule has 8 heteroatoms. The van der Waals surface area contributed by atoms with Crippen LogP contribution in [0.25, 0.3) is 11.0 Å². The second-order valence-corrected chi connectivity index (χ2v) is 15.7. The van der Waals surface area contributed by atoms with Crippen LogP contribution in [0.2, 0.25) is 18.1 Å². The molecule has 0 atom stereocenters. The second kappa shape index (κ2) is 7.66. The highest BCUT2D eigenvalue weighted by Crippen LogP contribution is 2.37. The van der Waals surface area contributed by atoms with Crippen molar-refractivity contribution in [3.05, 3.63) is 28.7 Å². The zero-order valence-electron chi connectivity index (χ0n) is 20.0. The van der Waals surface area contributed by atoms with Gasteiger partial charge >= 0.3 is 12.8 Å². The topological polar surface area (TPSA) is 65.5 Å². The van der Waals surface area contributed by atoms with Crippen LogP contribution >= 0.6 is 0 Å². The third-order valence-electron chi connectivity index (χ3n) is 7.12. The first-order chi connectivity index (χ1) is 13.6. The molecule has 0 bridgehead atoms. The third kappa shape index (κ3) is 4.33. The number of nitrogens with zero attached hydrogens (tertiary/aromatic N) is 1. The minimum atomic E-state index is -1.78. The number of rotatable bonds is 6. The van der Waals surface area contributed by atoms with E-state index in [4.69, 9.17) is 13.7 Å². The Kier molecular flexibility index (Phi) is 5.95. The van der Waals surface area contributed by atoms with Crippen LogP contribution in [0.5, 0.6) is 0 Å². The highest BCUT2D eigenvalue weighted by Gasteiger charge is 2.51. The Bertz CT molecular complexity index is 956. The molecule has 30 heavy (non-hydrogen) atoms. The van der Waals surface area contributed by atoms with Gasteiger partial charge in [0.2, 0.25) is 0 Å². The molecule has 6 nitrogen and oxygen atoms in total. The van der Waals surface area contributed by atoms with E-state index in [9.17, 15) is 4.79 Å². The van der Waals surface area contributed by atoms with E-state index in [0.717, 1.165) is 22.9 Å². The van der Waals surface area contributed by atoms with Crippen molar-refractivity contribution in [1.29, 1.82) is 0 Å². The number of benzene rings is 1. The largest absolute Gasteiger partial charge is 0.494 e. The molecule has 0 unspecified atom stereocenters. The molecule has 0 amide bonds. The molecule has 1 saturated heterocycles. The molecular weight excluding hydrogens is 395 g/mol. The van der Waals surface area contributed by atoms with Crippen molar-refractivity contribution in [3.63, 3.8) is 0 Å². The summed E-state index contributed by atoms with van der Waals surface area (Å²) >= 11 is 0. The van der Waals surface area contributed by atoms with E-state index in [-0.39, 0.29) is 10.7 Å². The number of aromatic nitrogens is 2. The lowest BCUT2D eigenvalue weighted by Gasteiger charge is -2.36. The van der Waals surface area contributed by atoms with Crippen molar-refractivity contribution in [2.75, 3.05) is 6.61 Å². The Morgan fingerprint density at radius 1 is 1.13 bits per heavy atom. The van der Waals surface area contributed by atoms with Crippen LogP contribution in [0, 0.1) is 0 Å². The van der Waals surface area contributed by atoms with Gasteiger partial charge in [-0.2, -0.15) is 0 Å². The first-order valence-electron chi connectivity index (χ1n) is 10.9.